The molecule has 118 valence electrons. The number of benzene rings is 1. The van der Waals surface area contributed by atoms with Crippen LogP contribution in [0.4, 0.5) is 0 Å². The van der Waals surface area contributed by atoms with Crippen LogP contribution < -0.4 is 0 Å². The van der Waals surface area contributed by atoms with Crippen LogP contribution in [-0.2, 0) is 12.3 Å². The Morgan fingerprint density at radius 3 is 2.43 bits per heavy atom. The van der Waals surface area contributed by atoms with Gasteiger partial charge in [0.1, 0.15) is 0 Å². The molecule has 4 nitrogen and oxygen atoms in total. The second-order valence-corrected chi connectivity index (χ2v) is 6.41. The molecule has 0 aliphatic heterocycles. The fourth-order valence-electron chi connectivity index (χ4n) is 2.37. The Morgan fingerprint density at radius 2 is 1.74 bits per heavy atom. The molecule has 0 aliphatic carbocycles. The van der Waals surface area contributed by atoms with Crippen molar-refractivity contribution in [2.24, 2.45) is 0 Å². The molecule has 5 heteroatoms. The molecule has 0 saturated carbocycles. The number of nitrogens with zero attached hydrogens (tertiary/aromatic N) is 4. The minimum Gasteiger partial charge on any atom is -0.302 e. The van der Waals surface area contributed by atoms with Crippen LogP contribution in [0.1, 0.15) is 24.5 Å². The molecule has 0 atom stereocenters. The number of aromatic nitrogens is 4. The van der Waals surface area contributed by atoms with E-state index in [2.05, 4.69) is 57.9 Å². The molecule has 0 N–H and O–H groups in total. The lowest BCUT2D eigenvalue weighted by Gasteiger charge is -2.09. The van der Waals surface area contributed by atoms with Crippen molar-refractivity contribution < 1.29 is 0 Å². The van der Waals surface area contributed by atoms with Crippen molar-refractivity contribution in [3.63, 3.8) is 0 Å². The maximum atomic E-state index is 4.40. The van der Waals surface area contributed by atoms with Crippen molar-refractivity contribution in [2.45, 2.75) is 37.7 Å². The van der Waals surface area contributed by atoms with E-state index in [4.69, 9.17) is 0 Å². The smallest absolute Gasteiger partial charge is 0.191 e. The molecule has 0 unspecified atom stereocenters. The van der Waals surface area contributed by atoms with E-state index in [1.165, 1.54) is 11.1 Å². The summed E-state index contributed by atoms with van der Waals surface area (Å²) in [6.07, 6.45) is 4.63. The van der Waals surface area contributed by atoms with Crippen molar-refractivity contribution >= 4 is 11.8 Å². The number of aryl methyl sites for hydroxylation is 1. The topological polar surface area (TPSA) is 43.6 Å². The summed E-state index contributed by atoms with van der Waals surface area (Å²) in [6, 6.07) is 12.6. The third-order valence-corrected chi connectivity index (χ3v) is 4.63. The lowest BCUT2D eigenvalue weighted by molar-refractivity contribution is 0.626. The zero-order valence-electron chi connectivity index (χ0n) is 13.4. The Bertz CT molecular complexity index is 750. The van der Waals surface area contributed by atoms with Crippen LogP contribution >= 0.6 is 11.8 Å². The van der Waals surface area contributed by atoms with Gasteiger partial charge in [-0.15, -0.1) is 10.2 Å². The van der Waals surface area contributed by atoms with Gasteiger partial charge in [0, 0.05) is 30.3 Å². The van der Waals surface area contributed by atoms with Crippen LogP contribution in [0.3, 0.4) is 0 Å². The van der Waals surface area contributed by atoms with Gasteiger partial charge in [-0.3, -0.25) is 4.98 Å². The normalized spacial score (nSPS) is 10.9. The summed E-state index contributed by atoms with van der Waals surface area (Å²) in [5.41, 5.74) is 3.65. The standard InChI is InChI=1S/C18H20N4S/c1-3-12-22-17(16-8-10-19-11-9-16)20-21-18(22)23-13-15-6-4-14(2)5-7-15/h4-11H,3,12-13H2,1-2H3. The second kappa shape index (κ2) is 7.42. The molecule has 3 rings (SSSR count). The number of pyridine rings is 1. The van der Waals surface area contributed by atoms with Crippen LogP contribution in [0.25, 0.3) is 11.4 Å². The highest BCUT2D eigenvalue weighted by atomic mass is 32.2. The molecule has 1 aromatic carbocycles. The number of thioether (sulfide) groups is 1. The molecule has 0 fully saturated rings. The Labute approximate surface area is 141 Å². The van der Waals surface area contributed by atoms with Gasteiger partial charge in [0.05, 0.1) is 0 Å². The first-order valence-corrected chi connectivity index (χ1v) is 8.78. The Hall–Kier alpha value is -2.14. The summed E-state index contributed by atoms with van der Waals surface area (Å²) in [5, 5.41) is 9.77. The first-order valence-electron chi connectivity index (χ1n) is 7.80. The predicted octanol–water partition coefficient (Wildman–Crippen LogP) is 4.35. The van der Waals surface area contributed by atoms with Crippen molar-refractivity contribution in [1.29, 1.82) is 0 Å². The van der Waals surface area contributed by atoms with Crippen molar-refractivity contribution in [3.8, 4) is 11.4 Å². The summed E-state index contributed by atoms with van der Waals surface area (Å²) < 4.78 is 2.20. The molecule has 0 aliphatic rings. The van der Waals surface area contributed by atoms with Gasteiger partial charge in [-0.2, -0.15) is 0 Å². The molecular weight excluding hydrogens is 304 g/mol. The summed E-state index contributed by atoms with van der Waals surface area (Å²) >= 11 is 1.74. The molecule has 23 heavy (non-hydrogen) atoms. The molecule has 0 spiro atoms. The lowest BCUT2D eigenvalue weighted by Crippen LogP contribution is -2.02. The molecule has 2 heterocycles. The van der Waals surface area contributed by atoms with Crippen LogP contribution in [0.2, 0.25) is 0 Å². The van der Waals surface area contributed by atoms with Crippen molar-refractivity contribution in [3.05, 3.63) is 59.9 Å². The Balaban J connectivity index is 1.82. The Kier molecular flexibility index (Phi) is 5.08. The molecular formula is C18H20N4S. The Morgan fingerprint density at radius 1 is 1.00 bits per heavy atom. The maximum Gasteiger partial charge on any atom is 0.191 e. The van der Waals surface area contributed by atoms with Gasteiger partial charge in [-0.25, -0.2) is 0 Å². The highest BCUT2D eigenvalue weighted by Gasteiger charge is 2.13. The van der Waals surface area contributed by atoms with E-state index in [-0.39, 0.29) is 0 Å². The lowest BCUT2D eigenvalue weighted by atomic mass is 10.2. The minimum atomic E-state index is 0.901. The van der Waals surface area contributed by atoms with E-state index in [1.54, 1.807) is 24.2 Å². The summed E-state index contributed by atoms with van der Waals surface area (Å²) in [7, 11) is 0. The van der Waals surface area contributed by atoms with E-state index in [0.29, 0.717) is 0 Å². The van der Waals surface area contributed by atoms with Crippen LogP contribution in [0, 0.1) is 6.92 Å². The van der Waals surface area contributed by atoms with Crippen molar-refractivity contribution in [2.75, 3.05) is 0 Å². The highest BCUT2D eigenvalue weighted by Crippen LogP contribution is 2.26. The maximum absolute atomic E-state index is 4.40. The quantitative estimate of drug-likeness (QED) is 0.632. The predicted molar refractivity (Wildman–Crippen MR) is 94.3 cm³/mol. The summed E-state index contributed by atoms with van der Waals surface area (Å²) in [4.78, 5) is 4.07. The SMILES string of the molecule is CCCn1c(SCc2ccc(C)cc2)nnc1-c1ccncc1. The summed E-state index contributed by atoms with van der Waals surface area (Å²) in [5.74, 6) is 1.82. The summed E-state index contributed by atoms with van der Waals surface area (Å²) in [6.45, 7) is 5.20. The van der Waals surface area contributed by atoms with Crippen LogP contribution in [0.15, 0.2) is 53.9 Å². The number of hydrogen-bond donors (Lipinski definition) is 0. The monoisotopic (exact) mass is 324 g/mol. The van der Waals surface area contributed by atoms with Crippen LogP contribution in [-0.4, -0.2) is 19.7 Å². The molecule has 2 aromatic heterocycles. The number of rotatable bonds is 6. The zero-order chi connectivity index (χ0) is 16.1. The van der Waals surface area contributed by atoms with Gasteiger partial charge >= 0.3 is 0 Å². The van der Waals surface area contributed by atoms with Gasteiger partial charge in [0.25, 0.3) is 0 Å². The van der Waals surface area contributed by atoms with Crippen LogP contribution in [0.5, 0.6) is 0 Å². The first kappa shape index (κ1) is 15.7. The largest absolute Gasteiger partial charge is 0.302 e. The van der Waals surface area contributed by atoms with Gasteiger partial charge in [0.2, 0.25) is 0 Å². The van der Waals surface area contributed by atoms with E-state index in [0.717, 1.165) is 35.3 Å². The molecule has 0 saturated heterocycles. The molecule has 0 radical (unpaired) electrons. The van der Waals surface area contributed by atoms with Gasteiger partial charge < -0.3 is 4.57 Å². The van der Waals surface area contributed by atoms with Gasteiger partial charge in [0.15, 0.2) is 11.0 Å². The van der Waals surface area contributed by atoms with E-state index >= 15 is 0 Å². The van der Waals surface area contributed by atoms with E-state index in [9.17, 15) is 0 Å². The minimum absolute atomic E-state index is 0.901. The number of hydrogen-bond acceptors (Lipinski definition) is 4. The van der Waals surface area contributed by atoms with Gasteiger partial charge in [-0.05, 0) is 31.0 Å². The zero-order valence-corrected chi connectivity index (χ0v) is 14.3. The van der Waals surface area contributed by atoms with Crippen molar-refractivity contribution in [1.82, 2.24) is 19.7 Å². The average Bonchev–Trinajstić information content (AvgIpc) is 2.98. The second-order valence-electron chi connectivity index (χ2n) is 5.47. The highest BCUT2D eigenvalue weighted by molar-refractivity contribution is 7.98. The third kappa shape index (κ3) is 3.79. The van der Waals surface area contributed by atoms with Gasteiger partial charge in [-0.1, -0.05) is 48.5 Å². The van der Waals surface area contributed by atoms with E-state index < -0.39 is 0 Å². The molecule has 3 aromatic rings. The average molecular weight is 324 g/mol. The fraction of sp³-hybridized carbons (Fsp3) is 0.278. The van der Waals surface area contributed by atoms with E-state index in [1.807, 2.05) is 12.1 Å². The molecule has 0 amide bonds. The first-order chi connectivity index (χ1) is 11.3. The third-order valence-electron chi connectivity index (χ3n) is 3.59. The fourth-order valence-corrected chi connectivity index (χ4v) is 3.29. The molecule has 0 bridgehead atoms.